The second kappa shape index (κ2) is 9.37. The molecule has 0 unspecified atom stereocenters. The van der Waals surface area contributed by atoms with Crippen LogP contribution in [-0.2, 0) is 4.79 Å². The van der Waals surface area contributed by atoms with Gasteiger partial charge in [-0.1, -0.05) is 41.5 Å². The van der Waals surface area contributed by atoms with Crippen LogP contribution < -0.4 is 10.6 Å². The van der Waals surface area contributed by atoms with Crippen LogP contribution in [0.3, 0.4) is 0 Å². The molecular weight excluding hydrogens is 224 g/mol. The molecule has 0 fully saturated rings. The van der Waals surface area contributed by atoms with Gasteiger partial charge in [0.1, 0.15) is 0 Å². The van der Waals surface area contributed by atoms with E-state index in [0.29, 0.717) is 30.3 Å². The lowest BCUT2D eigenvalue weighted by Gasteiger charge is -2.22. The lowest BCUT2D eigenvalue weighted by Crippen LogP contribution is -2.41. The molecule has 3 nitrogen and oxygen atoms in total. The highest BCUT2D eigenvalue weighted by Gasteiger charge is 2.13. The second-order valence-electron chi connectivity index (χ2n) is 6.53. The third-order valence-electron chi connectivity index (χ3n) is 2.77. The molecular formula is C15H32N2O. The summed E-state index contributed by atoms with van der Waals surface area (Å²) in [6.07, 6.45) is 2.27. The monoisotopic (exact) mass is 256 g/mol. The van der Waals surface area contributed by atoms with Crippen LogP contribution in [0.5, 0.6) is 0 Å². The summed E-state index contributed by atoms with van der Waals surface area (Å²) in [6, 6.07) is 0.454. The predicted octanol–water partition coefficient (Wildman–Crippen LogP) is 2.81. The van der Waals surface area contributed by atoms with E-state index >= 15 is 0 Å². The predicted molar refractivity (Wildman–Crippen MR) is 78.5 cm³/mol. The Morgan fingerprint density at radius 3 is 1.78 bits per heavy atom. The molecule has 0 aliphatic carbocycles. The van der Waals surface area contributed by atoms with Crippen LogP contribution in [0.25, 0.3) is 0 Å². The summed E-state index contributed by atoms with van der Waals surface area (Å²) in [6.45, 7) is 14.3. The summed E-state index contributed by atoms with van der Waals surface area (Å²) in [5, 5.41) is 6.34. The van der Waals surface area contributed by atoms with Crippen LogP contribution >= 0.6 is 0 Å². The van der Waals surface area contributed by atoms with Gasteiger partial charge in [0.2, 0.25) is 5.91 Å². The van der Waals surface area contributed by atoms with Crippen molar-refractivity contribution in [3.63, 3.8) is 0 Å². The molecule has 0 aromatic rings. The van der Waals surface area contributed by atoms with Gasteiger partial charge in [-0.05, 0) is 30.6 Å². The Labute approximate surface area is 113 Å². The highest BCUT2D eigenvalue weighted by molar-refractivity contribution is 5.77. The fourth-order valence-corrected chi connectivity index (χ4v) is 2.02. The number of hydrogen-bond donors (Lipinski definition) is 2. The minimum absolute atomic E-state index is 0.112. The fraction of sp³-hybridized carbons (Fsp3) is 0.933. The molecule has 0 aromatic heterocycles. The first-order valence-corrected chi connectivity index (χ1v) is 7.31. The van der Waals surface area contributed by atoms with E-state index in [4.69, 9.17) is 0 Å². The van der Waals surface area contributed by atoms with Crippen LogP contribution in [0, 0.1) is 17.8 Å². The smallest absolute Gasteiger partial charge is 0.233 e. The van der Waals surface area contributed by atoms with Crippen molar-refractivity contribution < 1.29 is 4.79 Å². The van der Waals surface area contributed by atoms with Crippen LogP contribution in [0.15, 0.2) is 0 Å². The van der Waals surface area contributed by atoms with E-state index in [2.05, 4.69) is 52.2 Å². The zero-order valence-electron chi connectivity index (χ0n) is 13.0. The lowest BCUT2D eigenvalue weighted by atomic mass is 9.95. The minimum Gasteiger partial charge on any atom is -0.355 e. The molecule has 108 valence electrons. The molecule has 0 bridgehead atoms. The van der Waals surface area contributed by atoms with E-state index < -0.39 is 0 Å². The van der Waals surface area contributed by atoms with E-state index in [1.165, 1.54) is 0 Å². The Bertz CT molecular complexity index is 215. The Morgan fingerprint density at radius 1 is 0.889 bits per heavy atom. The summed E-state index contributed by atoms with van der Waals surface area (Å²) in [5.74, 6) is 1.96. The SMILES string of the molecule is CC(C)CNC(=O)CNC(CC(C)C)CC(C)C. The van der Waals surface area contributed by atoms with Crippen molar-refractivity contribution in [3.8, 4) is 0 Å². The van der Waals surface area contributed by atoms with Crippen molar-refractivity contribution in [1.29, 1.82) is 0 Å². The normalized spacial score (nSPS) is 11.9. The van der Waals surface area contributed by atoms with Crippen molar-refractivity contribution in [2.45, 2.75) is 60.4 Å². The lowest BCUT2D eigenvalue weighted by molar-refractivity contribution is -0.120. The largest absolute Gasteiger partial charge is 0.355 e. The van der Waals surface area contributed by atoms with Gasteiger partial charge in [-0.15, -0.1) is 0 Å². The van der Waals surface area contributed by atoms with Gasteiger partial charge in [0.15, 0.2) is 0 Å². The first kappa shape index (κ1) is 17.4. The van der Waals surface area contributed by atoms with E-state index in [0.717, 1.165) is 19.4 Å². The quantitative estimate of drug-likeness (QED) is 0.666. The van der Waals surface area contributed by atoms with Gasteiger partial charge in [0, 0.05) is 12.6 Å². The Kier molecular flexibility index (Phi) is 9.08. The zero-order valence-corrected chi connectivity index (χ0v) is 13.0. The highest BCUT2D eigenvalue weighted by atomic mass is 16.1. The van der Waals surface area contributed by atoms with E-state index in [-0.39, 0.29) is 5.91 Å². The molecule has 0 aliphatic heterocycles. The summed E-state index contributed by atoms with van der Waals surface area (Å²) in [5.41, 5.74) is 0. The molecule has 0 atom stereocenters. The average Bonchev–Trinajstić information content (AvgIpc) is 2.21. The topological polar surface area (TPSA) is 41.1 Å². The van der Waals surface area contributed by atoms with Gasteiger partial charge in [-0.2, -0.15) is 0 Å². The number of rotatable bonds is 9. The first-order valence-electron chi connectivity index (χ1n) is 7.31. The fourth-order valence-electron chi connectivity index (χ4n) is 2.02. The summed E-state index contributed by atoms with van der Waals surface area (Å²) in [4.78, 5) is 11.6. The van der Waals surface area contributed by atoms with Crippen LogP contribution in [0.2, 0.25) is 0 Å². The number of carbonyl (C=O) groups excluding carboxylic acids is 1. The number of carbonyl (C=O) groups is 1. The Morgan fingerprint density at radius 2 is 1.39 bits per heavy atom. The van der Waals surface area contributed by atoms with Gasteiger partial charge >= 0.3 is 0 Å². The molecule has 18 heavy (non-hydrogen) atoms. The highest BCUT2D eigenvalue weighted by Crippen LogP contribution is 2.12. The van der Waals surface area contributed by atoms with Crippen molar-refractivity contribution in [2.75, 3.05) is 13.1 Å². The molecule has 0 saturated carbocycles. The second-order valence-corrected chi connectivity index (χ2v) is 6.53. The van der Waals surface area contributed by atoms with Crippen molar-refractivity contribution in [3.05, 3.63) is 0 Å². The number of hydrogen-bond acceptors (Lipinski definition) is 2. The number of amides is 1. The molecule has 0 spiro atoms. The molecule has 3 heteroatoms. The molecule has 1 amide bonds. The van der Waals surface area contributed by atoms with Gasteiger partial charge < -0.3 is 10.6 Å². The maximum absolute atomic E-state index is 11.6. The summed E-state index contributed by atoms with van der Waals surface area (Å²) < 4.78 is 0. The zero-order chi connectivity index (χ0) is 14.1. The Balaban J connectivity index is 3.97. The van der Waals surface area contributed by atoms with Crippen LogP contribution in [0.4, 0.5) is 0 Å². The Hall–Kier alpha value is -0.570. The standard InChI is InChI=1S/C15H32N2O/c1-11(2)7-14(8-12(3)4)16-10-15(18)17-9-13(5)6/h11-14,16H,7-10H2,1-6H3,(H,17,18). The summed E-state index contributed by atoms with van der Waals surface area (Å²) in [7, 11) is 0. The molecule has 2 N–H and O–H groups in total. The molecule has 0 rings (SSSR count). The molecule has 0 radical (unpaired) electrons. The van der Waals surface area contributed by atoms with Gasteiger partial charge in [-0.3, -0.25) is 4.79 Å². The summed E-state index contributed by atoms with van der Waals surface area (Å²) >= 11 is 0. The molecule has 0 aromatic carbocycles. The van der Waals surface area contributed by atoms with Crippen LogP contribution in [-0.4, -0.2) is 25.0 Å². The van der Waals surface area contributed by atoms with Gasteiger partial charge in [0.05, 0.1) is 6.54 Å². The third-order valence-corrected chi connectivity index (χ3v) is 2.77. The van der Waals surface area contributed by atoms with Crippen molar-refractivity contribution >= 4 is 5.91 Å². The average molecular weight is 256 g/mol. The van der Waals surface area contributed by atoms with Gasteiger partial charge in [0.25, 0.3) is 0 Å². The third kappa shape index (κ3) is 10.6. The maximum Gasteiger partial charge on any atom is 0.233 e. The first-order chi connectivity index (χ1) is 8.31. The van der Waals surface area contributed by atoms with Crippen molar-refractivity contribution in [2.24, 2.45) is 17.8 Å². The van der Waals surface area contributed by atoms with Gasteiger partial charge in [-0.25, -0.2) is 0 Å². The number of nitrogens with one attached hydrogen (secondary N) is 2. The maximum atomic E-state index is 11.6. The van der Waals surface area contributed by atoms with E-state index in [9.17, 15) is 4.79 Å². The van der Waals surface area contributed by atoms with Crippen LogP contribution in [0.1, 0.15) is 54.4 Å². The van der Waals surface area contributed by atoms with E-state index in [1.54, 1.807) is 0 Å². The van der Waals surface area contributed by atoms with E-state index in [1.807, 2.05) is 0 Å². The minimum atomic E-state index is 0.112. The molecule has 0 saturated heterocycles. The molecule has 0 aliphatic rings. The van der Waals surface area contributed by atoms with Crippen molar-refractivity contribution in [1.82, 2.24) is 10.6 Å². The molecule has 0 heterocycles.